The Morgan fingerprint density at radius 2 is 1.95 bits per heavy atom. The smallest absolute Gasteiger partial charge is 0.182 e. The van der Waals surface area contributed by atoms with Gasteiger partial charge in [0.2, 0.25) is 0 Å². The van der Waals surface area contributed by atoms with Crippen molar-refractivity contribution in [1.82, 2.24) is 9.97 Å². The summed E-state index contributed by atoms with van der Waals surface area (Å²) in [7, 11) is 0. The van der Waals surface area contributed by atoms with E-state index in [1.54, 1.807) is 6.07 Å². The van der Waals surface area contributed by atoms with Crippen LogP contribution >= 0.6 is 0 Å². The summed E-state index contributed by atoms with van der Waals surface area (Å²) in [6.07, 6.45) is 3.27. The van der Waals surface area contributed by atoms with Gasteiger partial charge in [0, 0.05) is 11.8 Å². The third kappa shape index (κ3) is 3.04. The first-order valence-electron chi connectivity index (χ1n) is 6.45. The quantitative estimate of drug-likeness (QED) is 0.654. The van der Waals surface area contributed by atoms with Crippen LogP contribution in [0.4, 0.5) is 17.3 Å². The molecule has 5 heteroatoms. The highest BCUT2D eigenvalue weighted by Gasteiger charge is 2.10. The maximum absolute atomic E-state index is 8.62. The molecule has 0 unspecified atom stereocenters. The third-order valence-corrected chi connectivity index (χ3v) is 3.03. The number of anilines is 3. The van der Waals surface area contributed by atoms with Gasteiger partial charge in [-0.2, -0.15) is 5.26 Å². The zero-order valence-electron chi connectivity index (χ0n) is 11.8. The first kappa shape index (κ1) is 13.8. The van der Waals surface area contributed by atoms with Crippen molar-refractivity contribution in [1.29, 1.82) is 5.26 Å². The Labute approximate surface area is 118 Å². The van der Waals surface area contributed by atoms with E-state index in [2.05, 4.69) is 59.6 Å². The highest BCUT2D eigenvalue weighted by Crippen LogP contribution is 2.29. The zero-order chi connectivity index (χ0) is 14.5. The summed E-state index contributed by atoms with van der Waals surface area (Å²) >= 11 is 0. The fourth-order valence-corrected chi connectivity index (χ4v) is 2.02. The molecule has 0 spiro atoms. The first-order chi connectivity index (χ1) is 9.61. The normalized spacial score (nSPS) is 10.2. The van der Waals surface area contributed by atoms with Gasteiger partial charge in [-0.1, -0.05) is 32.0 Å². The number of aromatic nitrogens is 2. The van der Waals surface area contributed by atoms with Crippen LogP contribution in [0, 0.1) is 18.4 Å². The highest BCUT2D eigenvalue weighted by atomic mass is 15.1. The van der Waals surface area contributed by atoms with Crippen LogP contribution < -0.4 is 10.6 Å². The van der Waals surface area contributed by atoms with Crippen LogP contribution in [0.3, 0.4) is 0 Å². The lowest BCUT2D eigenvalue weighted by atomic mass is 9.98. The minimum Gasteiger partial charge on any atom is -0.340 e. The van der Waals surface area contributed by atoms with Gasteiger partial charge in [-0.3, -0.25) is 5.32 Å². The standard InChI is InChI=1S/C15H17N5/c1-10(2)12-6-4-5-11(3)15(12)20-14-7-13(17-8-16)18-9-19-14/h4-7,9-10H,1-3H3,(H2,17,18,19,20). The molecule has 2 N–H and O–H groups in total. The molecule has 0 saturated heterocycles. The molecule has 0 aliphatic heterocycles. The summed E-state index contributed by atoms with van der Waals surface area (Å²) in [5, 5.41) is 14.4. The predicted octanol–water partition coefficient (Wildman–Crippen LogP) is 3.55. The minimum atomic E-state index is 0.413. The Morgan fingerprint density at radius 1 is 1.20 bits per heavy atom. The molecule has 0 fully saturated rings. The number of hydrogen-bond donors (Lipinski definition) is 2. The molecule has 0 bridgehead atoms. The average Bonchev–Trinajstić information content (AvgIpc) is 2.41. The molecular formula is C15H17N5. The van der Waals surface area contributed by atoms with E-state index in [4.69, 9.17) is 5.26 Å². The number of benzene rings is 1. The minimum absolute atomic E-state index is 0.413. The fraction of sp³-hybridized carbons (Fsp3) is 0.267. The maximum Gasteiger partial charge on any atom is 0.182 e. The summed E-state index contributed by atoms with van der Waals surface area (Å²) in [4.78, 5) is 8.15. The molecule has 102 valence electrons. The summed E-state index contributed by atoms with van der Waals surface area (Å²) in [5.74, 6) is 1.55. The van der Waals surface area contributed by atoms with Gasteiger partial charge in [0.15, 0.2) is 6.19 Å². The Morgan fingerprint density at radius 3 is 2.65 bits per heavy atom. The maximum atomic E-state index is 8.62. The first-order valence-corrected chi connectivity index (χ1v) is 6.45. The molecule has 0 aliphatic carbocycles. The molecule has 0 amide bonds. The number of rotatable bonds is 4. The van der Waals surface area contributed by atoms with Crippen molar-refractivity contribution >= 4 is 17.3 Å². The molecule has 2 rings (SSSR count). The largest absolute Gasteiger partial charge is 0.340 e. The predicted molar refractivity (Wildman–Crippen MR) is 79.8 cm³/mol. The van der Waals surface area contributed by atoms with Crippen molar-refractivity contribution in [3.63, 3.8) is 0 Å². The Balaban J connectivity index is 2.35. The van der Waals surface area contributed by atoms with E-state index in [-0.39, 0.29) is 0 Å². The van der Waals surface area contributed by atoms with Crippen LogP contribution in [0.1, 0.15) is 30.9 Å². The lowest BCUT2D eigenvalue weighted by Crippen LogP contribution is -2.03. The van der Waals surface area contributed by atoms with Gasteiger partial charge >= 0.3 is 0 Å². The van der Waals surface area contributed by atoms with Gasteiger partial charge in [-0.15, -0.1) is 0 Å². The molecule has 5 nitrogen and oxygen atoms in total. The van der Waals surface area contributed by atoms with Gasteiger partial charge in [0.05, 0.1) is 0 Å². The SMILES string of the molecule is Cc1cccc(C(C)C)c1Nc1cc(NC#N)ncn1. The molecule has 2 aromatic rings. The van der Waals surface area contributed by atoms with Gasteiger partial charge in [0.1, 0.15) is 18.0 Å². The lowest BCUT2D eigenvalue weighted by Gasteiger charge is -2.16. The van der Waals surface area contributed by atoms with Gasteiger partial charge in [-0.05, 0) is 24.0 Å². The van der Waals surface area contributed by atoms with Crippen LogP contribution in [0.2, 0.25) is 0 Å². The second-order valence-electron chi connectivity index (χ2n) is 4.84. The number of aryl methyl sites for hydroxylation is 1. The Bertz CT molecular complexity index is 643. The average molecular weight is 267 g/mol. The summed E-state index contributed by atoms with van der Waals surface area (Å²) in [5.41, 5.74) is 3.45. The molecular weight excluding hydrogens is 250 g/mol. The highest BCUT2D eigenvalue weighted by molar-refractivity contribution is 5.66. The third-order valence-electron chi connectivity index (χ3n) is 3.03. The van der Waals surface area contributed by atoms with E-state index < -0.39 is 0 Å². The van der Waals surface area contributed by atoms with Crippen molar-refractivity contribution in [2.45, 2.75) is 26.7 Å². The van der Waals surface area contributed by atoms with E-state index in [0.29, 0.717) is 17.6 Å². The van der Waals surface area contributed by atoms with E-state index in [0.717, 1.165) is 11.3 Å². The van der Waals surface area contributed by atoms with Crippen LogP contribution in [0.15, 0.2) is 30.6 Å². The molecule has 0 aliphatic rings. The number of hydrogen-bond acceptors (Lipinski definition) is 5. The molecule has 1 heterocycles. The van der Waals surface area contributed by atoms with E-state index in [1.165, 1.54) is 11.9 Å². The Kier molecular flexibility index (Phi) is 4.16. The van der Waals surface area contributed by atoms with Crippen LogP contribution in [0.5, 0.6) is 0 Å². The van der Waals surface area contributed by atoms with Crippen LogP contribution in [0.25, 0.3) is 0 Å². The number of nitrogens with zero attached hydrogens (tertiary/aromatic N) is 3. The lowest BCUT2D eigenvalue weighted by molar-refractivity contribution is 0.867. The van der Waals surface area contributed by atoms with Crippen molar-refractivity contribution in [3.8, 4) is 6.19 Å². The van der Waals surface area contributed by atoms with Crippen LogP contribution in [-0.4, -0.2) is 9.97 Å². The van der Waals surface area contributed by atoms with Crippen molar-refractivity contribution < 1.29 is 0 Å². The van der Waals surface area contributed by atoms with Crippen molar-refractivity contribution in [3.05, 3.63) is 41.7 Å². The zero-order valence-corrected chi connectivity index (χ0v) is 11.8. The monoisotopic (exact) mass is 267 g/mol. The molecule has 1 aromatic carbocycles. The van der Waals surface area contributed by atoms with Crippen LogP contribution in [-0.2, 0) is 0 Å². The van der Waals surface area contributed by atoms with Gasteiger partial charge in [0.25, 0.3) is 0 Å². The summed E-state index contributed by atoms with van der Waals surface area (Å²) < 4.78 is 0. The van der Waals surface area contributed by atoms with E-state index in [1.807, 2.05) is 6.19 Å². The fourth-order valence-electron chi connectivity index (χ4n) is 2.02. The van der Waals surface area contributed by atoms with Crippen molar-refractivity contribution in [2.24, 2.45) is 0 Å². The number of nitriles is 1. The topological polar surface area (TPSA) is 73.6 Å². The number of para-hydroxylation sites is 1. The van der Waals surface area contributed by atoms with Crippen molar-refractivity contribution in [2.75, 3.05) is 10.6 Å². The molecule has 20 heavy (non-hydrogen) atoms. The Hall–Kier alpha value is -2.61. The number of nitrogens with one attached hydrogen (secondary N) is 2. The molecule has 0 saturated carbocycles. The molecule has 0 atom stereocenters. The summed E-state index contributed by atoms with van der Waals surface area (Å²) in [6.45, 7) is 6.37. The van der Waals surface area contributed by atoms with Gasteiger partial charge in [-0.25, -0.2) is 9.97 Å². The second-order valence-corrected chi connectivity index (χ2v) is 4.84. The van der Waals surface area contributed by atoms with E-state index in [9.17, 15) is 0 Å². The van der Waals surface area contributed by atoms with Gasteiger partial charge < -0.3 is 5.32 Å². The molecule has 0 radical (unpaired) electrons. The second kappa shape index (κ2) is 6.02. The summed E-state index contributed by atoms with van der Waals surface area (Å²) in [6, 6.07) is 7.93. The van der Waals surface area contributed by atoms with E-state index >= 15 is 0 Å². The molecule has 1 aromatic heterocycles.